The lowest BCUT2D eigenvalue weighted by Gasteiger charge is -2.29. The molecular formula is C34H39N5O2S. The quantitative estimate of drug-likeness (QED) is 0.225. The highest BCUT2D eigenvalue weighted by Gasteiger charge is 2.42. The van der Waals surface area contributed by atoms with Gasteiger partial charge < -0.3 is 24.8 Å². The molecule has 0 saturated carbocycles. The van der Waals surface area contributed by atoms with Crippen LogP contribution in [0.5, 0.6) is 5.75 Å². The number of carbonyl (C=O) groups excluding carboxylic acids is 1. The highest BCUT2D eigenvalue weighted by atomic mass is 32.1. The second-order valence-corrected chi connectivity index (χ2v) is 12.1. The number of anilines is 2. The van der Waals surface area contributed by atoms with Crippen molar-refractivity contribution in [1.82, 2.24) is 14.9 Å². The minimum atomic E-state index is -0.538. The number of amides is 1. The van der Waals surface area contributed by atoms with Crippen molar-refractivity contribution in [2.24, 2.45) is 5.41 Å². The lowest BCUT2D eigenvalue weighted by atomic mass is 9.95. The fourth-order valence-corrected chi connectivity index (χ4v) is 6.02. The Hall–Kier alpha value is -4.17. The number of para-hydroxylation sites is 1. The predicted octanol–water partition coefficient (Wildman–Crippen LogP) is 7.22. The number of hydrogen-bond donors (Lipinski definition) is 2. The summed E-state index contributed by atoms with van der Waals surface area (Å²) in [5, 5.41) is 7.18. The molecule has 0 radical (unpaired) electrons. The van der Waals surface area contributed by atoms with Crippen LogP contribution in [-0.4, -0.2) is 27.7 Å². The maximum atomic E-state index is 12.7. The average Bonchev–Trinajstić information content (AvgIpc) is 3.47. The van der Waals surface area contributed by atoms with E-state index < -0.39 is 5.41 Å². The first-order chi connectivity index (χ1) is 20.0. The van der Waals surface area contributed by atoms with Crippen LogP contribution in [0.1, 0.15) is 68.0 Å². The summed E-state index contributed by atoms with van der Waals surface area (Å²) in [6, 6.07) is 22.2. The summed E-state index contributed by atoms with van der Waals surface area (Å²) in [6.45, 7) is 12.2. The maximum Gasteiger partial charge on any atom is 0.229 e. The standard InChI is InChI=1S/C34H39N5O2S/c1-8-23-13-9-10-15-28(23)38-21(2)19-25(22(38)3)31-30(27-14-11-12-18-35-27)37-33(42)39(31)24-16-17-26(29(20-24)41-7)36-32(40)34(4,5)6/h9-20,30-31H,8H2,1-7H3,(H,36,40)(H,37,42)/t30-,31-/m0/s1. The van der Waals surface area contributed by atoms with Crippen molar-refractivity contribution >= 4 is 34.6 Å². The van der Waals surface area contributed by atoms with Gasteiger partial charge in [-0.25, -0.2) is 0 Å². The van der Waals surface area contributed by atoms with Crippen LogP contribution < -0.4 is 20.3 Å². The van der Waals surface area contributed by atoms with Gasteiger partial charge in [0.15, 0.2) is 5.11 Å². The lowest BCUT2D eigenvalue weighted by Crippen LogP contribution is -2.30. The minimum Gasteiger partial charge on any atom is -0.494 e. The van der Waals surface area contributed by atoms with E-state index in [4.69, 9.17) is 21.9 Å². The van der Waals surface area contributed by atoms with E-state index in [2.05, 4.69) is 71.2 Å². The molecule has 2 atom stereocenters. The molecule has 2 aromatic heterocycles. The maximum absolute atomic E-state index is 12.7. The van der Waals surface area contributed by atoms with E-state index in [1.165, 1.54) is 11.3 Å². The van der Waals surface area contributed by atoms with Crippen molar-refractivity contribution in [3.8, 4) is 11.4 Å². The van der Waals surface area contributed by atoms with Gasteiger partial charge in [0.05, 0.1) is 30.6 Å². The largest absolute Gasteiger partial charge is 0.494 e. The molecule has 2 aromatic carbocycles. The van der Waals surface area contributed by atoms with E-state index in [1.807, 2.05) is 63.4 Å². The van der Waals surface area contributed by atoms with Crippen molar-refractivity contribution < 1.29 is 9.53 Å². The fourth-order valence-electron chi connectivity index (χ4n) is 5.68. The van der Waals surface area contributed by atoms with Gasteiger partial charge in [-0.1, -0.05) is 52.0 Å². The molecule has 218 valence electrons. The molecule has 8 heteroatoms. The third-order valence-corrected chi connectivity index (χ3v) is 8.21. The molecule has 0 bridgehead atoms. The van der Waals surface area contributed by atoms with E-state index in [9.17, 15) is 4.79 Å². The van der Waals surface area contributed by atoms with Crippen molar-refractivity contribution in [3.63, 3.8) is 0 Å². The molecule has 1 amide bonds. The Balaban J connectivity index is 1.64. The van der Waals surface area contributed by atoms with E-state index in [-0.39, 0.29) is 18.0 Å². The Labute approximate surface area is 253 Å². The summed E-state index contributed by atoms with van der Waals surface area (Å²) in [7, 11) is 1.61. The molecule has 0 unspecified atom stereocenters. The monoisotopic (exact) mass is 581 g/mol. The van der Waals surface area contributed by atoms with Crippen molar-refractivity contribution in [2.45, 2.75) is 60.0 Å². The third-order valence-electron chi connectivity index (χ3n) is 7.89. The van der Waals surface area contributed by atoms with Crippen molar-refractivity contribution in [1.29, 1.82) is 0 Å². The van der Waals surface area contributed by atoms with Crippen LogP contribution in [0.15, 0.2) is 72.9 Å². The Morgan fingerprint density at radius 3 is 2.48 bits per heavy atom. The molecule has 2 N–H and O–H groups in total. The predicted molar refractivity (Wildman–Crippen MR) is 174 cm³/mol. The number of rotatable bonds is 7. The summed E-state index contributed by atoms with van der Waals surface area (Å²) in [5.74, 6) is 0.482. The number of aryl methyl sites for hydroxylation is 2. The van der Waals surface area contributed by atoms with E-state index in [1.54, 1.807) is 7.11 Å². The van der Waals surface area contributed by atoms with Crippen LogP contribution in [0.2, 0.25) is 0 Å². The molecule has 0 aliphatic carbocycles. The zero-order chi connectivity index (χ0) is 30.2. The van der Waals surface area contributed by atoms with Gasteiger partial charge in [0.2, 0.25) is 5.91 Å². The summed E-state index contributed by atoms with van der Waals surface area (Å²) in [6.07, 6.45) is 2.76. The number of nitrogens with one attached hydrogen (secondary N) is 2. The van der Waals surface area contributed by atoms with Crippen molar-refractivity contribution in [2.75, 3.05) is 17.3 Å². The second-order valence-electron chi connectivity index (χ2n) is 11.7. The number of benzene rings is 2. The number of carbonyl (C=O) groups is 1. The number of thiocarbonyl (C=S) groups is 1. The van der Waals surface area contributed by atoms with Crippen LogP contribution in [0.3, 0.4) is 0 Å². The molecule has 1 aliphatic rings. The number of hydrogen-bond acceptors (Lipinski definition) is 4. The SMILES string of the molecule is CCc1ccccc1-n1c(C)cc([C@H]2[C@H](c3ccccn3)NC(=S)N2c2ccc(NC(=O)C(C)(C)C)c(OC)c2)c1C. The van der Waals surface area contributed by atoms with Gasteiger partial charge in [-0.2, -0.15) is 0 Å². The van der Waals surface area contributed by atoms with Crippen LogP contribution in [0.4, 0.5) is 11.4 Å². The van der Waals surface area contributed by atoms with Gasteiger partial charge in [0.1, 0.15) is 5.75 Å². The normalized spacial score (nSPS) is 16.8. The van der Waals surface area contributed by atoms with Crippen LogP contribution >= 0.6 is 12.2 Å². The zero-order valence-electron chi connectivity index (χ0n) is 25.4. The summed E-state index contributed by atoms with van der Waals surface area (Å²) in [4.78, 5) is 19.6. The summed E-state index contributed by atoms with van der Waals surface area (Å²) in [5.41, 5.74) is 7.79. The summed E-state index contributed by atoms with van der Waals surface area (Å²) < 4.78 is 8.10. The first kappa shape index (κ1) is 29.3. The van der Waals surface area contributed by atoms with Crippen LogP contribution in [0.25, 0.3) is 5.69 Å². The number of nitrogens with zero attached hydrogens (tertiary/aromatic N) is 3. The topological polar surface area (TPSA) is 71.4 Å². The first-order valence-corrected chi connectivity index (χ1v) is 14.7. The molecule has 4 aromatic rings. The molecule has 1 saturated heterocycles. The number of ether oxygens (including phenoxy) is 1. The Bertz CT molecular complexity index is 1620. The molecule has 1 aliphatic heterocycles. The fraction of sp³-hybridized carbons (Fsp3) is 0.324. The molecule has 7 nitrogen and oxygen atoms in total. The molecule has 0 spiro atoms. The zero-order valence-corrected chi connectivity index (χ0v) is 26.2. The highest BCUT2D eigenvalue weighted by Crippen LogP contribution is 2.45. The molecule has 1 fully saturated rings. The van der Waals surface area contributed by atoms with Gasteiger partial charge >= 0.3 is 0 Å². The van der Waals surface area contributed by atoms with Crippen LogP contribution in [0, 0.1) is 19.3 Å². The average molecular weight is 582 g/mol. The number of aromatic nitrogens is 2. The first-order valence-electron chi connectivity index (χ1n) is 14.3. The smallest absolute Gasteiger partial charge is 0.229 e. The third kappa shape index (κ3) is 5.39. The Morgan fingerprint density at radius 1 is 1.07 bits per heavy atom. The Kier molecular flexibility index (Phi) is 8.10. The molecular weight excluding hydrogens is 542 g/mol. The minimum absolute atomic E-state index is 0.0835. The van der Waals surface area contributed by atoms with Gasteiger partial charge in [-0.3, -0.25) is 9.78 Å². The second kappa shape index (κ2) is 11.6. The van der Waals surface area contributed by atoms with Gasteiger partial charge in [0, 0.05) is 40.4 Å². The van der Waals surface area contributed by atoms with E-state index >= 15 is 0 Å². The molecule has 42 heavy (non-hydrogen) atoms. The molecule has 3 heterocycles. The van der Waals surface area contributed by atoms with Crippen molar-refractivity contribution in [3.05, 3.63) is 101 Å². The van der Waals surface area contributed by atoms with Gasteiger partial charge in [0.25, 0.3) is 0 Å². The Morgan fingerprint density at radius 2 is 1.81 bits per heavy atom. The lowest BCUT2D eigenvalue weighted by molar-refractivity contribution is -0.123. The molecule has 5 rings (SSSR count). The number of methoxy groups -OCH3 is 1. The van der Waals surface area contributed by atoms with E-state index in [0.29, 0.717) is 16.5 Å². The highest BCUT2D eigenvalue weighted by molar-refractivity contribution is 7.80. The number of pyridine rings is 1. The van der Waals surface area contributed by atoms with Crippen LogP contribution in [-0.2, 0) is 11.2 Å². The van der Waals surface area contributed by atoms with E-state index in [0.717, 1.165) is 34.8 Å². The van der Waals surface area contributed by atoms with Gasteiger partial charge in [-0.15, -0.1) is 0 Å². The van der Waals surface area contributed by atoms with Gasteiger partial charge in [-0.05, 0) is 80.0 Å². The summed E-state index contributed by atoms with van der Waals surface area (Å²) >= 11 is 5.99.